The molecule has 0 aliphatic heterocycles. The fraction of sp³-hybridized carbons (Fsp3) is 0.385. The molecule has 0 amide bonds. The fourth-order valence-corrected chi connectivity index (χ4v) is 5.64. The molecule has 0 saturated carbocycles. The molecule has 5 rings (SSSR count). The predicted molar refractivity (Wildman–Crippen MR) is 175 cm³/mol. The monoisotopic (exact) mass is 694 g/mol. The van der Waals surface area contributed by atoms with Gasteiger partial charge < -0.3 is 24.8 Å². The number of benzene rings is 3. The van der Waals surface area contributed by atoms with Crippen LogP contribution in [0.2, 0.25) is 0 Å². The Kier molecular flexibility index (Phi) is 14.2. The van der Waals surface area contributed by atoms with E-state index in [1.165, 1.54) is 80.2 Å². The Morgan fingerprint density at radius 2 is 1.16 bits per heavy atom. The first kappa shape index (κ1) is 39.3. The summed E-state index contributed by atoms with van der Waals surface area (Å²) in [5, 5.41) is 5.48. The quantitative estimate of drug-likeness (QED) is 0.241. The zero-order valence-corrected chi connectivity index (χ0v) is 31.7. The second-order valence-corrected chi connectivity index (χ2v) is 15.0. The van der Waals surface area contributed by atoms with Crippen LogP contribution in [0.3, 0.4) is 0 Å². The SMILES string of the molecule is CC(C)(C)c1ccc2c(c1)[cH-]c1cc(C(C)(C)C)ccc12.CC1=[C-]C(C)C=C1C(C)(C)C.Fc1ccc([CH]=[Zr+2])cc1.[Cl-].[Cl-]. The first-order chi connectivity index (χ1) is 18.9. The van der Waals surface area contributed by atoms with Crippen LogP contribution in [0.25, 0.3) is 21.5 Å². The average molecular weight is 697 g/mol. The maximum Gasteiger partial charge on any atom is -1.00 e. The van der Waals surface area contributed by atoms with Gasteiger partial charge >= 0.3 is 68.0 Å². The molecule has 1 aliphatic rings. The van der Waals surface area contributed by atoms with E-state index in [0.717, 1.165) is 5.56 Å². The maximum absolute atomic E-state index is 12.2. The molecule has 4 heteroatoms. The van der Waals surface area contributed by atoms with E-state index in [0.29, 0.717) is 11.3 Å². The minimum absolute atomic E-state index is 0. The van der Waals surface area contributed by atoms with Crippen molar-refractivity contribution in [1.29, 1.82) is 0 Å². The van der Waals surface area contributed by atoms with Crippen LogP contribution in [0.5, 0.6) is 0 Å². The Bertz CT molecular complexity index is 1500. The summed E-state index contributed by atoms with van der Waals surface area (Å²) in [6.45, 7) is 24.7. The molecule has 4 aromatic rings. The van der Waals surface area contributed by atoms with E-state index in [-0.39, 0.29) is 41.5 Å². The van der Waals surface area contributed by atoms with E-state index in [4.69, 9.17) is 0 Å². The molecule has 0 N–H and O–H groups in total. The molecule has 0 spiro atoms. The van der Waals surface area contributed by atoms with E-state index >= 15 is 0 Å². The summed E-state index contributed by atoms with van der Waals surface area (Å²) >= 11 is 1.34. The number of halogens is 3. The van der Waals surface area contributed by atoms with Gasteiger partial charge in [0, 0.05) is 0 Å². The van der Waals surface area contributed by atoms with Gasteiger partial charge in [0.1, 0.15) is 0 Å². The standard InChI is InChI=1S/C21H25.C11H17.C7H5F.2ClH.Zr/c1-20(2,3)16-7-9-18-14(12-16)11-15-13-17(21(4,5)6)8-10-19(15)18;1-8-6-9(2)10(7-8)11(3,4)5;1-6-2-4-7(8)5-3-6;;;/h7-13H,1-6H3;7-8H,1-5H3;1-5H;2*1H;/q2*-1;;;;+2/p-2. The van der Waals surface area contributed by atoms with Gasteiger partial charge in [0.15, 0.2) is 0 Å². The fourth-order valence-electron chi connectivity index (χ4n) is 5.16. The molecule has 0 heterocycles. The van der Waals surface area contributed by atoms with Crippen molar-refractivity contribution in [2.75, 3.05) is 0 Å². The van der Waals surface area contributed by atoms with Crippen molar-refractivity contribution in [3.63, 3.8) is 0 Å². The third kappa shape index (κ3) is 10.7. The third-order valence-electron chi connectivity index (χ3n) is 7.55. The topological polar surface area (TPSA) is 0 Å². The van der Waals surface area contributed by atoms with Gasteiger partial charge in [-0.15, -0.1) is 39.7 Å². The second-order valence-electron chi connectivity index (χ2n) is 14.3. The number of hydrogen-bond donors (Lipinski definition) is 0. The van der Waals surface area contributed by atoms with E-state index in [9.17, 15) is 4.39 Å². The number of rotatable bonds is 1. The summed E-state index contributed by atoms with van der Waals surface area (Å²) in [4.78, 5) is 0. The van der Waals surface area contributed by atoms with Crippen molar-refractivity contribution in [2.24, 2.45) is 11.3 Å². The zero-order valence-electron chi connectivity index (χ0n) is 27.7. The Labute approximate surface area is 287 Å². The third-order valence-corrected chi connectivity index (χ3v) is 8.37. The van der Waals surface area contributed by atoms with Crippen LogP contribution in [0.15, 0.2) is 84.0 Å². The molecule has 0 saturated heterocycles. The Morgan fingerprint density at radius 3 is 1.47 bits per heavy atom. The van der Waals surface area contributed by atoms with Gasteiger partial charge in [-0.25, -0.2) is 5.57 Å². The molecule has 0 radical (unpaired) electrons. The molecule has 1 atom stereocenters. The minimum Gasteiger partial charge on any atom is -1.00 e. The molecule has 43 heavy (non-hydrogen) atoms. The number of fused-ring (bicyclic) bond motifs is 3. The molecule has 0 bridgehead atoms. The van der Waals surface area contributed by atoms with Crippen LogP contribution in [-0.4, -0.2) is 3.71 Å². The van der Waals surface area contributed by atoms with Crippen molar-refractivity contribution < 1.29 is 53.4 Å². The van der Waals surface area contributed by atoms with Crippen LogP contribution >= 0.6 is 0 Å². The minimum atomic E-state index is -0.170. The van der Waals surface area contributed by atoms with Crippen molar-refractivity contribution in [2.45, 2.75) is 87.0 Å². The van der Waals surface area contributed by atoms with E-state index < -0.39 is 0 Å². The predicted octanol–water partition coefficient (Wildman–Crippen LogP) is 5.20. The van der Waals surface area contributed by atoms with Crippen molar-refractivity contribution in [1.82, 2.24) is 0 Å². The number of allylic oxidation sites excluding steroid dienone is 4. The molecule has 0 aromatic heterocycles. The van der Waals surface area contributed by atoms with Gasteiger partial charge in [0.25, 0.3) is 0 Å². The van der Waals surface area contributed by atoms with Gasteiger partial charge in [-0.3, -0.25) is 6.08 Å². The molecule has 1 aliphatic carbocycles. The van der Waals surface area contributed by atoms with Crippen molar-refractivity contribution >= 4 is 25.3 Å². The molecular formula is C39H47Cl2FZr-2. The average Bonchev–Trinajstić information content (AvgIpc) is 3.42. The van der Waals surface area contributed by atoms with Gasteiger partial charge in [-0.05, 0) is 10.8 Å². The van der Waals surface area contributed by atoms with E-state index in [1.807, 2.05) is 3.71 Å². The van der Waals surface area contributed by atoms with Crippen LogP contribution in [0.4, 0.5) is 4.39 Å². The summed E-state index contributed by atoms with van der Waals surface area (Å²) in [5.41, 5.74) is 7.40. The van der Waals surface area contributed by atoms with E-state index in [2.05, 4.69) is 131 Å². The summed E-state index contributed by atoms with van der Waals surface area (Å²) in [6, 6.07) is 22.6. The normalized spacial score (nSPS) is 14.8. The molecule has 230 valence electrons. The van der Waals surface area contributed by atoms with E-state index in [1.54, 1.807) is 12.1 Å². The van der Waals surface area contributed by atoms with Crippen LogP contribution in [-0.2, 0) is 35.1 Å². The Morgan fingerprint density at radius 1 is 0.721 bits per heavy atom. The summed E-state index contributed by atoms with van der Waals surface area (Å²) < 4.78 is 14.2. The molecule has 1 unspecified atom stereocenters. The largest absolute Gasteiger partial charge is 1.00 e. The van der Waals surface area contributed by atoms with Crippen molar-refractivity contribution in [3.05, 3.63) is 113 Å². The van der Waals surface area contributed by atoms with Crippen LogP contribution in [0, 0.1) is 23.2 Å². The second kappa shape index (κ2) is 15.5. The Balaban J connectivity index is 0.000000356. The first-order valence-electron chi connectivity index (χ1n) is 14.6. The van der Waals surface area contributed by atoms with Crippen LogP contribution < -0.4 is 24.8 Å². The smallest absolute Gasteiger partial charge is 1.00 e. The van der Waals surface area contributed by atoms with Crippen LogP contribution in [0.1, 0.15) is 92.9 Å². The number of hydrogen-bond acceptors (Lipinski definition) is 0. The summed E-state index contributed by atoms with van der Waals surface area (Å²) in [5.74, 6) is 0.348. The first-order valence-corrected chi connectivity index (χ1v) is 16.0. The molecule has 0 fully saturated rings. The van der Waals surface area contributed by atoms with Gasteiger partial charge in [-0.1, -0.05) is 123 Å². The van der Waals surface area contributed by atoms with Crippen molar-refractivity contribution in [3.8, 4) is 0 Å². The van der Waals surface area contributed by atoms with Gasteiger partial charge in [0.2, 0.25) is 0 Å². The molecule has 4 aromatic carbocycles. The maximum atomic E-state index is 12.2. The summed E-state index contributed by atoms with van der Waals surface area (Å²) in [6.07, 6.45) is 5.71. The van der Waals surface area contributed by atoms with Gasteiger partial charge in [0.05, 0.1) is 0 Å². The Hall–Kier alpha value is -1.73. The zero-order chi connectivity index (χ0) is 30.8. The molecular weight excluding hydrogens is 650 g/mol. The van der Waals surface area contributed by atoms with Gasteiger partial charge in [-0.2, -0.15) is 11.6 Å². The summed E-state index contributed by atoms with van der Waals surface area (Å²) in [7, 11) is 0. The molecule has 0 nitrogen and oxygen atoms in total.